The molecule has 0 aliphatic heterocycles. The quantitative estimate of drug-likeness (QED) is 0.239. The van der Waals surface area contributed by atoms with Crippen molar-refractivity contribution in [3.63, 3.8) is 0 Å². The van der Waals surface area contributed by atoms with Crippen molar-refractivity contribution in [2.75, 3.05) is 6.61 Å². The van der Waals surface area contributed by atoms with Crippen LogP contribution in [0.3, 0.4) is 0 Å². The predicted molar refractivity (Wildman–Crippen MR) is 51.8 cm³/mol. The fraction of sp³-hybridized carbons (Fsp3) is 0.400. The van der Waals surface area contributed by atoms with E-state index in [4.69, 9.17) is 5.11 Å². The predicted octanol–water partition coefficient (Wildman–Crippen LogP) is 1.53. The molecular weight excluding hydrogens is 184 g/mol. The number of aliphatic hydroxyl groups excluding tert-OH is 1. The van der Waals surface area contributed by atoms with Crippen LogP contribution in [0.4, 0.5) is 0 Å². The van der Waals surface area contributed by atoms with Gasteiger partial charge in [-0.1, -0.05) is 13.5 Å². The first kappa shape index (κ1) is 12.4. The highest BCUT2D eigenvalue weighted by Gasteiger charge is 2.13. The summed E-state index contributed by atoms with van der Waals surface area (Å²) in [5, 5.41) is 9.10. The molecule has 0 bridgehead atoms. The lowest BCUT2D eigenvalue weighted by Gasteiger charge is -1.99. The molecule has 0 radical (unpaired) electrons. The number of hydrogen-bond donors (Lipinski definition) is 1. The van der Waals surface area contributed by atoms with Gasteiger partial charge in [0, 0.05) is 6.08 Å². The van der Waals surface area contributed by atoms with Crippen LogP contribution in [0, 0.1) is 0 Å². The van der Waals surface area contributed by atoms with Crippen molar-refractivity contribution in [2.24, 2.45) is 0 Å². The number of carbonyl (C=O) groups excluding carboxylic acids is 2. The number of ether oxygens (including phenoxy) is 1. The third kappa shape index (κ3) is 4.45. The molecule has 0 fully saturated rings. The molecule has 0 aromatic carbocycles. The van der Waals surface area contributed by atoms with Crippen LogP contribution >= 0.6 is 0 Å². The molecule has 4 heteroatoms. The number of esters is 1. The molecule has 0 amide bonds. The van der Waals surface area contributed by atoms with Gasteiger partial charge in [-0.15, -0.1) is 0 Å². The van der Waals surface area contributed by atoms with Crippen molar-refractivity contribution >= 4 is 11.8 Å². The number of hydrogen-bond acceptors (Lipinski definition) is 4. The standard InChI is InChI=1S/C10H14O4/c1-4-5-14-10(13)9(12)6-8(11)7(2)3/h6,11H,2,4-5H2,1,3H3. The van der Waals surface area contributed by atoms with Crippen LogP contribution < -0.4 is 0 Å². The fourth-order valence-electron chi connectivity index (χ4n) is 0.572. The first-order valence-electron chi connectivity index (χ1n) is 4.26. The van der Waals surface area contributed by atoms with Crippen molar-refractivity contribution in [3.05, 3.63) is 24.0 Å². The summed E-state index contributed by atoms with van der Waals surface area (Å²) in [6.07, 6.45) is 1.45. The second-order valence-electron chi connectivity index (χ2n) is 2.81. The van der Waals surface area contributed by atoms with Gasteiger partial charge in [0.1, 0.15) is 5.76 Å². The zero-order chi connectivity index (χ0) is 11.1. The molecule has 0 atom stereocenters. The van der Waals surface area contributed by atoms with Gasteiger partial charge >= 0.3 is 5.97 Å². The molecule has 0 aromatic rings. The van der Waals surface area contributed by atoms with E-state index < -0.39 is 11.8 Å². The lowest BCUT2D eigenvalue weighted by Crippen LogP contribution is -2.16. The maximum Gasteiger partial charge on any atom is 0.379 e. The van der Waals surface area contributed by atoms with E-state index in [1.54, 1.807) is 0 Å². The lowest BCUT2D eigenvalue weighted by molar-refractivity contribution is -0.151. The maximum atomic E-state index is 11.0. The first-order chi connectivity index (χ1) is 6.49. The third-order valence-corrected chi connectivity index (χ3v) is 1.34. The van der Waals surface area contributed by atoms with Crippen LogP contribution in [0.25, 0.3) is 0 Å². The Morgan fingerprint density at radius 2 is 2.07 bits per heavy atom. The summed E-state index contributed by atoms with van der Waals surface area (Å²) in [4.78, 5) is 21.9. The summed E-state index contributed by atoms with van der Waals surface area (Å²) < 4.78 is 4.56. The van der Waals surface area contributed by atoms with Gasteiger partial charge in [0.2, 0.25) is 0 Å². The molecule has 0 heterocycles. The summed E-state index contributed by atoms with van der Waals surface area (Å²) >= 11 is 0. The van der Waals surface area contributed by atoms with Crippen LogP contribution in [0.2, 0.25) is 0 Å². The Bertz CT molecular complexity index is 276. The van der Waals surface area contributed by atoms with Crippen molar-refractivity contribution < 1.29 is 19.4 Å². The zero-order valence-electron chi connectivity index (χ0n) is 8.37. The molecular formula is C10H14O4. The maximum absolute atomic E-state index is 11.0. The van der Waals surface area contributed by atoms with Crippen LogP contribution in [0.1, 0.15) is 20.3 Å². The van der Waals surface area contributed by atoms with Gasteiger partial charge in [-0.2, -0.15) is 0 Å². The highest BCUT2D eigenvalue weighted by molar-refractivity contribution is 6.38. The van der Waals surface area contributed by atoms with Crippen molar-refractivity contribution in [3.8, 4) is 0 Å². The highest BCUT2D eigenvalue weighted by Crippen LogP contribution is 2.01. The molecule has 0 rings (SSSR count). The van der Waals surface area contributed by atoms with Crippen LogP contribution in [-0.2, 0) is 14.3 Å². The molecule has 1 N–H and O–H groups in total. The van der Waals surface area contributed by atoms with E-state index in [0.717, 1.165) is 6.08 Å². The van der Waals surface area contributed by atoms with Gasteiger partial charge in [-0.05, 0) is 18.9 Å². The van der Waals surface area contributed by atoms with Crippen LogP contribution in [-0.4, -0.2) is 23.5 Å². The second-order valence-corrected chi connectivity index (χ2v) is 2.81. The highest BCUT2D eigenvalue weighted by atomic mass is 16.5. The molecule has 4 nitrogen and oxygen atoms in total. The van der Waals surface area contributed by atoms with Gasteiger partial charge in [0.05, 0.1) is 6.61 Å². The minimum Gasteiger partial charge on any atom is -0.508 e. The van der Waals surface area contributed by atoms with E-state index in [1.807, 2.05) is 6.92 Å². The normalized spacial score (nSPS) is 10.9. The smallest absolute Gasteiger partial charge is 0.379 e. The van der Waals surface area contributed by atoms with E-state index in [9.17, 15) is 9.59 Å². The zero-order valence-corrected chi connectivity index (χ0v) is 8.37. The molecule has 0 unspecified atom stereocenters. The number of allylic oxidation sites excluding steroid dienone is 1. The molecule has 0 aromatic heterocycles. The Hall–Kier alpha value is -1.58. The van der Waals surface area contributed by atoms with Gasteiger partial charge in [-0.25, -0.2) is 4.79 Å². The Kier molecular flexibility index (Phi) is 5.29. The summed E-state index contributed by atoms with van der Waals surface area (Å²) in [5.41, 5.74) is 0.321. The number of ketones is 1. The molecule has 0 aliphatic carbocycles. The largest absolute Gasteiger partial charge is 0.508 e. The van der Waals surface area contributed by atoms with Gasteiger partial charge in [0.25, 0.3) is 5.78 Å². The Morgan fingerprint density at radius 3 is 2.50 bits per heavy atom. The topological polar surface area (TPSA) is 63.6 Å². The van der Waals surface area contributed by atoms with Crippen molar-refractivity contribution in [2.45, 2.75) is 20.3 Å². The molecule has 14 heavy (non-hydrogen) atoms. The monoisotopic (exact) mass is 198 g/mol. The molecule has 0 aliphatic rings. The number of carbonyl (C=O) groups is 2. The third-order valence-electron chi connectivity index (χ3n) is 1.34. The second kappa shape index (κ2) is 5.96. The minimum atomic E-state index is -0.959. The minimum absolute atomic E-state index is 0.201. The van der Waals surface area contributed by atoms with E-state index in [2.05, 4.69) is 11.3 Å². The molecule has 0 spiro atoms. The van der Waals surface area contributed by atoms with Gasteiger partial charge in [0.15, 0.2) is 0 Å². The number of rotatable bonds is 5. The Morgan fingerprint density at radius 1 is 1.50 bits per heavy atom. The van der Waals surface area contributed by atoms with E-state index in [-0.39, 0.29) is 12.4 Å². The summed E-state index contributed by atoms with van der Waals surface area (Å²) in [6, 6.07) is 0. The van der Waals surface area contributed by atoms with Crippen molar-refractivity contribution in [1.29, 1.82) is 0 Å². The van der Waals surface area contributed by atoms with E-state index in [1.165, 1.54) is 6.92 Å². The van der Waals surface area contributed by atoms with E-state index in [0.29, 0.717) is 12.0 Å². The Balaban J connectivity index is 4.27. The average molecular weight is 198 g/mol. The summed E-state index contributed by atoms with van der Waals surface area (Å²) in [5.74, 6) is -2.14. The SMILES string of the molecule is C=C(C)C(O)=CC(=O)C(=O)OCCC. The lowest BCUT2D eigenvalue weighted by atomic mass is 10.2. The number of aliphatic hydroxyl groups is 1. The molecule has 78 valence electrons. The van der Waals surface area contributed by atoms with Crippen molar-refractivity contribution in [1.82, 2.24) is 0 Å². The fourth-order valence-corrected chi connectivity index (χ4v) is 0.572. The Labute approximate surface area is 82.9 Å². The summed E-state index contributed by atoms with van der Waals surface area (Å²) in [6.45, 7) is 6.95. The first-order valence-corrected chi connectivity index (χ1v) is 4.26. The molecule has 0 saturated heterocycles. The molecule has 0 saturated carbocycles. The van der Waals surface area contributed by atoms with Crippen LogP contribution in [0.15, 0.2) is 24.0 Å². The average Bonchev–Trinajstić information content (AvgIpc) is 2.13. The summed E-state index contributed by atoms with van der Waals surface area (Å²) in [7, 11) is 0. The van der Waals surface area contributed by atoms with Gasteiger partial charge in [-0.3, -0.25) is 4.79 Å². The van der Waals surface area contributed by atoms with Crippen LogP contribution in [0.5, 0.6) is 0 Å². The van der Waals surface area contributed by atoms with Gasteiger partial charge < -0.3 is 9.84 Å². The van der Waals surface area contributed by atoms with E-state index >= 15 is 0 Å².